The van der Waals surface area contributed by atoms with Crippen LogP contribution in [0.3, 0.4) is 0 Å². The molecule has 10 nitrogen and oxygen atoms in total. The standard InChI is InChI=1S/C33H36N4O6/c1-20-13-14-26-27(15-20)37(19-28(38)24-12-7-6-9-21(24)2)30(40)25(18-36(26)29(39)17-33(3,4)5)35-32(43)34-23-11-8-10-22(16-23)31(41)42/h6-16,25H,17-19H2,1-5H3,(H,41,42)(H2,34,35,43). The predicted molar refractivity (Wildman–Crippen MR) is 165 cm³/mol. The fourth-order valence-corrected chi connectivity index (χ4v) is 4.97. The minimum absolute atomic E-state index is 0.0194. The van der Waals surface area contributed by atoms with Crippen molar-refractivity contribution in [3.63, 3.8) is 0 Å². The summed E-state index contributed by atoms with van der Waals surface area (Å²) in [6.45, 7) is 9.01. The average Bonchev–Trinajstić information content (AvgIpc) is 3.03. The quantitative estimate of drug-likeness (QED) is 0.327. The van der Waals surface area contributed by atoms with Crippen LogP contribution in [0.2, 0.25) is 0 Å². The van der Waals surface area contributed by atoms with Crippen molar-refractivity contribution >= 4 is 46.7 Å². The van der Waals surface area contributed by atoms with Gasteiger partial charge in [0.15, 0.2) is 5.78 Å². The summed E-state index contributed by atoms with van der Waals surface area (Å²) in [6, 6.07) is 16.1. The third kappa shape index (κ3) is 7.45. The van der Waals surface area contributed by atoms with Gasteiger partial charge in [-0.3, -0.25) is 14.4 Å². The fourth-order valence-electron chi connectivity index (χ4n) is 4.97. The number of carbonyl (C=O) groups is 5. The highest BCUT2D eigenvalue weighted by Gasteiger charge is 2.38. The second kappa shape index (κ2) is 12.5. The van der Waals surface area contributed by atoms with Gasteiger partial charge in [0.2, 0.25) is 5.91 Å². The number of nitrogens with one attached hydrogen (secondary N) is 2. The smallest absolute Gasteiger partial charge is 0.335 e. The van der Waals surface area contributed by atoms with E-state index in [1.165, 1.54) is 34.1 Å². The molecule has 0 bridgehead atoms. The molecule has 1 heterocycles. The number of aryl methyl sites for hydroxylation is 2. The Labute approximate surface area is 250 Å². The summed E-state index contributed by atoms with van der Waals surface area (Å²) in [5.74, 6) is -2.24. The lowest BCUT2D eigenvalue weighted by Crippen LogP contribution is -2.54. The lowest BCUT2D eigenvalue weighted by Gasteiger charge is -2.28. The monoisotopic (exact) mass is 584 g/mol. The normalized spacial score (nSPS) is 14.9. The summed E-state index contributed by atoms with van der Waals surface area (Å²) in [5.41, 5.74) is 2.75. The zero-order chi connectivity index (χ0) is 31.5. The van der Waals surface area contributed by atoms with Crippen molar-refractivity contribution in [3.05, 3.63) is 89.0 Å². The maximum atomic E-state index is 14.2. The second-order valence-corrected chi connectivity index (χ2v) is 11.9. The van der Waals surface area contributed by atoms with E-state index in [0.29, 0.717) is 16.9 Å². The van der Waals surface area contributed by atoms with E-state index in [4.69, 9.17) is 0 Å². The molecule has 0 spiro atoms. The molecule has 3 aromatic carbocycles. The summed E-state index contributed by atoms with van der Waals surface area (Å²) in [7, 11) is 0. The fraction of sp³-hybridized carbons (Fsp3) is 0.303. The number of carboxylic acid groups (broad SMARTS) is 1. The lowest BCUT2D eigenvalue weighted by molar-refractivity contribution is -0.121. The molecule has 4 rings (SSSR count). The predicted octanol–water partition coefficient (Wildman–Crippen LogP) is 5.19. The van der Waals surface area contributed by atoms with E-state index in [2.05, 4.69) is 10.6 Å². The maximum Gasteiger partial charge on any atom is 0.335 e. The first-order valence-corrected chi connectivity index (χ1v) is 14.0. The van der Waals surface area contributed by atoms with Crippen LogP contribution in [0.15, 0.2) is 66.7 Å². The van der Waals surface area contributed by atoms with Crippen molar-refractivity contribution in [2.24, 2.45) is 5.41 Å². The van der Waals surface area contributed by atoms with Crippen molar-refractivity contribution in [1.29, 1.82) is 0 Å². The summed E-state index contributed by atoms with van der Waals surface area (Å²) in [5, 5.41) is 14.5. The van der Waals surface area contributed by atoms with Gasteiger partial charge in [-0.2, -0.15) is 0 Å². The van der Waals surface area contributed by atoms with Gasteiger partial charge in [-0.05, 0) is 60.7 Å². The number of rotatable bonds is 7. The van der Waals surface area contributed by atoms with Gasteiger partial charge in [-0.15, -0.1) is 0 Å². The zero-order valence-corrected chi connectivity index (χ0v) is 24.9. The van der Waals surface area contributed by atoms with Crippen molar-refractivity contribution < 1.29 is 29.1 Å². The van der Waals surface area contributed by atoms with Crippen LogP contribution in [-0.4, -0.2) is 53.8 Å². The molecular formula is C33H36N4O6. The third-order valence-corrected chi connectivity index (χ3v) is 7.04. The molecule has 1 aliphatic rings. The number of carbonyl (C=O) groups excluding carboxylic acids is 4. The number of benzene rings is 3. The number of amides is 4. The molecule has 0 fully saturated rings. The molecule has 3 aromatic rings. The van der Waals surface area contributed by atoms with Gasteiger partial charge >= 0.3 is 12.0 Å². The highest BCUT2D eigenvalue weighted by molar-refractivity contribution is 6.13. The Kier molecular flexibility index (Phi) is 8.99. The number of Topliss-reactive ketones (excluding diaryl/α,β-unsaturated/α-hetero) is 1. The largest absolute Gasteiger partial charge is 0.478 e. The Morgan fingerprint density at radius 2 is 1.65 bits per heavy atom. The number of nitrogens with zero attached hydrogens (tertiary/aromatic N) is 2. The highest BCUT2D eigenvalue weighted by Crippen LogP contribution is 2.36. The summed E-state index contributed by atoms with van der Waals surface area (Å²) in [6.07, 6.45) is 0.178. The minimum atomic E-state index is -1.22. The Balaban J connectivity index is 1.73. The Bertz CT molecular complexity index is 1590. The van der Waals surface area contributed by atoms with Crippen molar-refractivity contribution in [2.45, 2.75) is 47.1 Å². The summed E-state index contributed by atoms with van der Waals surface area (Å²) >= 11 is 0. The topological polar surface area (TPSA) is 136 Å². The Morgan fingerprint density at radius 3 is 2.33 bits per heavy atom. The summed E-state index contributed by atoms with van der Waals surface area (Å²) in [4.78, 5) is 68.7. The lowest BCUT2D eigenvalue weighted by atomic mass is 9.91. The SMILES string of the molecule is Cc1ccc2c(c1)N(CC(=O)c1ccccc1C)C(=O)C(NC(=O)Nc1cccc(C(=O)O)c1)CN2C(=O)CC(C)(C)C. The Morgan fingerprint density at radius 1 is 0.930 bits per heavy atom. The molecule has 0 saturated heterocycles. The van der Waals surface area contributed by atoms with Gasteiger partial charge in [-0.25, -0.2) is 9.59 Å². The summed E-state index contributed by atoms with van der Waals surface area (Å²) < 4.78 is 0. The van der Waals surface area contributed by atoms with Gasteiger partial charge in [0.1, 0.15) is 6.04 Å². The highest BCUT2D eigenvalue weighted by atomic mass is 16.4. The molecule has 0 aliphatic carbocycles. The molecule has 10 heteroatoms. The zero-order valence-electron chi connectivity index (χ0n) is 24.9. The van der Waals surface area contributed by atoms with E-state index < -0.39 is 23.9 Å². The second-order valence-electron chi connectivity index (χ2n) is 11.9. The van der Waals surface area contributed by atoms with Crippen LogP contribution in [0.25, 0.3) is 0 Å². The van der Waals surface area contributed by atoms with E-state index in [0.717, 1.165) is 11.1 Å². The number of urea groups is 1. The van der Waals surface area contributed by atoms with Crippen LogP contribution < -0.4 is 20.4 Å². The number of carboxylic acids is 1. The number of aromatic carboxylic acids is 1. The molecule has 1 unspecified atom stereocenters. The van der Waals surface area contributed by atoms with Crippen LogP contribution in [0.1, 0.15) is 59.0 Å². The molecule has 0 saturated carbocycles. The number of ketones is 1. The maximum absolute atomic E-state index is 14.2. The van der Waals surface area contributed by atoms with E-state index in [1.807, 2.05) is 52.8 Å². The van der Waals surface area contributed by atoms with E-state index >= 15 is 0 Å². The first kappa shape index (κ1) is 31.0. The molecule has 1 aliphatic heterocycles. The van der Waals surface area contributed by atoms with Crippen molar-refractivity contribution in [3.8, 4) is 0 Å². The minimum Gasteiger partial charge on any atom is -0.478 e. The molecule has 224 valence electrons. The van der Waals surface area contributed by atoms with Crippen molar-refractivity contribution in [1.82, 2.24) is 5.32 Å². The molecule has 0 aromatic heterocycles. The van der Waals surface area contributed by atoms with Crippen molar-refractivity contribution in [2.75, 3.05) is 28.2 Å². The molecule has 4 amide bonds. The van der Waals surface area contributed by atoms with Crippen LogP contribution in [0, 0.1) is 19.3 Å². The van der Waals surface area contributed by atoms with Gasteiger partial charge in [-0.1, -0.05) is 57.2 Å². The van der Waals surface area contributed by atoms with Crippen LogP contribution >= 0.6 is 0 Å². The van der Waals surface area contributed by atoms with Crippen LogP contribution in [0.5, 0.6) is 0 Å². The number of fused-ring (bicyclic) bond motifs is 1. The van der Waals surface area contributed by atoms with E-state index in [9.17, 15) is 29.1 Å². The first-order valence-electron chi connectivity index (χ1n) is 14.0. The number of anilines is 3. The molecule has 43 heavy (non-hydrogen) atoms. The number of hydrogen-bond acceptors (Lipinski definition) is 5. The van der Waals surface area contributed by atoms with Gasteiger partial charge in [0.25, 0.3) is 5.91 Å². The van der Waals surface area contributed by atoms with E-state index in [-0.39, 0.29) is 47.9 Å². The van der Waals surface area contributed by atoms with Gasteiger partial charge in [0.05, 0.1) is 30.0 Å². The molecule has 1 atom stereocenters. The van der Waals surface area contributed by atoms with Gasteiger partial charge < -0.3 is 25.5 Å². The molecular weight excluding hydrogens is 548 g/mol. The first-order chi connectivity index (χ1) is 20.2. The third-order valence-electron chi connectivity index (χ3n) is 7.04. The van der Waals surface area contributed by atoms with Gasteiger partial charge in [0, 0.05) is 17.7 Å². The molecule has 3 N–H and O–H groups in total. The van der Waals surface area contributed by atoms with E-state index in [1.54, 1.807) is 24.3 Å². The Hall–Kier alpha value is -4.99. The van der Waals surface area contributed by atoms with Crippen LogP contribution in [-0.2, 0) is 9.59 Å². The average molecular weight is 585 g/mol. The number of hydrogen-bond donors (Lipinski definition) is 3. The van der Waals surface area contributed by atoms with Crippen LogP contribution in [0.4, 0.5) is 21.9 Å². The molecule has 0 radical (unpaired) electrons.